The number of nitrogens with zero attached hydrogens (tertiary/aromatic N) is 4. The Bertz CT molecular complexity index is 1120. The van der Waals surface area contributed by atoms with Crippen LogP contribution in [0.2, 0.25) is 0 Å². The lowest BCUT2D eigenvalue weighted by Gasteiger charge is -2.36. The molecule has 1 fully saturated rings. The Labute approximate surface area is 192 Å². The molecular weight excluding hydrogens is 457 g/mol. The molecule has 2 aliphatic heterocycles. The van der Waals surface area contributed by atoms with Crippen LogP contribution in [0.25, 0.3) is 0 Å². The van der Waals surface area contributed by atoms with Gasteiger partial charge in [0.15, 0.2) is 6.61 Å². The Hall–Kier alpha value is -3.83. The van der Waals surface area contributed by atoms with Gasteiger partial charge in [0, 0.05) is 45.2 Å². The number of hydrogen-bond acceptors (Lipinski definition) is 6. The number of carbonyl (C=O) groups excluding carboxylic acids is 2. The molecule has 0 saturated carbocycles. The molecular formula is C22H21F3N4O5. The Morgan fingerprint density at radius 2 is 1.76 bits per heavy atom. The molecule has 1 saturated heterocycles. The molecule has 2 aromatic carbocycles. The van der Waals surface area contributed by atoms with E-state index in [1.807, 2.05) is 0 Å². The third-order valence-electron chi connectivity index (χ3n) is 5.83. The highest BCUT2D eigenvalue weighted by atomic mass is 19.4. The van der Waals surface area contributed by atoms with Crippen LogP contribution in [-0.2, 0) is 15.8 Å². The van der Waals surface area contributed by atoms with Gasteiger partial charge < -0.3 is 19.4 Å². The summed E-state index contributed by atoms with van der Waals surface area (Å²) < 4.78 is 44.2. The minimum atomic E-state index is -4.68. The number of amides is 2. The number of fused-ring (bicyclic) bond motifs is 1. The van der Waals surface area contributed by atoms with E-state index in [1.54, 1.807) is 34.1 Å². The maximum Gasteiger partial charge on any atom is 0.416 e. The molecule has 2 aliphatic rings. The van der Waals surface area contributed by atoms with Gasteiger partial charge in [-0.25, -0.2) is 0 Å². The zero-order chi connectivity index (χ0) is 24.5. The first-order chi connectivity index (χ1) is 16.1. The van der Waals surface area contributed by atoms with Crippen molar-refractivity contribution in [1.29, 1.82) is 0 Å². The predicted molar refractivity (Wildman–Crippen MR) is 116 cm³/mol. The van der Waals surface area contributed by atoms with Crippen LogP contribution in [0.1, 0.15) is 12.0 Å². The number of benzene rings is 2. The molecule has 0 radical (unpaired) electrons. The maximum atomic E-state index is 12.9. The number of nitro benzene ring substituents is 1. The van der Waals surface area contributed by atoms with Gasteiger partial charge in [-0.1, -0.05) is 12.1 Å². The van der Waals surface area contributed by atoms with Gasteiger partial charge >= 0.3 is 6.18 Å². The number of anilines is 2. The van der Waals surface area contributed by atoms with Crippen molar-refractivity contribution in [3.8, 4) is 5.75 Å². The summed E-state index contributed by atoms with van der Waals surface area (Å²) in [7, 11) is 0. The molecule has 180 valence electrons. The van der Waals surface area contributed by atoms with E-state index in [1.165, 1.54) is 4.90 Å². The molecule has 0 N–H and O–H groups in total. The molecule has 34 heavy (non-hydrogen) atoms. The first-order valence-electron chi connectivity index (χ1n) is 10.6. The van der Waals surface area contributed by atoms with Crippen molar-refractivity contribution in [2.24, 2.45) is 0 Å². The normalized spacial score (nSPS) is 16.2. The standard InChI is InChI=1S/C22H21F3N4O5/c23-22(24,25)15-5-6-16(18(13-15)29(32)33)26-9-11-27(12-10-26)20(30)7-8-28-17-3-1-2-4-19(17)34-14-21(28)31/h1-6,13H,7-12,14H2. The van der Waals surface area contributed by atoms with E-state index >= 15 is 0 Å². The summed E-state index contributed by atoms with van der Waals surface area (Å²) >= 11 is 0. The summed E-state index contributed by atoms with van der Waals surface area (Å²) in [6.07, 6.45) is -4.60. The van der Waals surface area contributed by atoms with Crippen LogP contribution in [0.4, 0.5) is 30.2 Å². The van der Waals surface area contributed by atoms with E-state index in [2.05, 4.69) is 0 Å². The van der Waals surface area contributed by atoms with Crippen LogP contribution < -0.4 is 14.5 Å². The second-order valence-electron chi connectivity index (χ2n) is 7.88. The van der Waals surface area contributed by atoms with Crippen molar-refractivity contribution >= 4 is 28.9 Å². The van der Waals surface area contributed by atoms with Crippen LogP contribution >= 0.6 is 0 Å². The van der Waals surface area contributed by atoms with Crippen LogP contribution in [0.3, 0.4) is 0 Å². The highest BCUT2D eigenvalue weighted by Crippen LogP contribution is 2.37. The largest absolute Gasteiger partial charge is 0.482 e. The molecule has 0 bridgehead atoms. The highest BCUT2D eigenvalue weighted by molar-refractivity contribution is 5.98. The molecule has 0 unspecified atom stereocenters. The number of hydrogen-bond donors (Lipinski definition) is 0. The Morgan fingerprint density at radius 3 is 2.44 bits per heavy atom. The van der Waals surface area contributed by atoms with Crippen LogP contribution in [-0.4, -0.2) is 61.0 Å². The zero-order valence-corrected chi connectivity index (χ0v) is 18.0. The van der Waals surface area contributed by atoms with Crippen molar-refractivity contribution in [3.05, 3.63) is 58.1 Å². The predicted octanol–water partition coefficient (Wildman–Crippen LogP) is 3.08. The summed E-state index contributed by atoms with van der Waals surface area (Å²) in [4.78, 5) is 40.2. The van der Waals surface area contributed by atoms with Crippen molar-refractivity contribution in [2.75, 3.05) is 49.1 Å². The first kappa shape index (κ1) is 23.3. The number of rotatable bonds is 5. The van der Waals surface area contributed by atoms with E-state index in [0.717, 1.165) is 12.1 Å². The van der Waals surface area contributed by atoms with Gasteiger partial charge in [-0.3, -0.25) is 19.7 Å². The lowest BCUT2D eigenvalue weighted by molar-refractivity contribution is -0.384. The molecule has 2 heterocycles. The summed E-state index contributed by atoms with van der Waals surface area (Å²) in [6, 6.07) is 9.50. The second-order valence-corrected chi connectivity index (χ2v) is 7.88. The highest BCUT2D eigenvalue weighted by Gasteiger charge is 2.34. The van der Waals surface area contributed by atoms with Gasteiger partial charge in [0.2, 0.25) is 5.91 Å². The second kappa shape index (κ2) is 9.20. The van der Waals surface area contributed by atoms with Gasteiger partial charge in [-0.15, -0.1) is 0 Å². The molecule has 2 amide bonds. The van der Waals surface area contributed by atoms with Crippen molar-refractivity contribution in [3.63, 3.8) is 0 Å². The number of para-hydroxylation sites is 2. The monoisotopic (exact) mass is 478 g/mol. The van der Waals surface area contributed by atoms with E-state index in [0.29, 0.717) is 17.5 Å². The molecule has 4 rings (SSSR count). The minimum absolute atomic E-state index is 0.0838. The summed E-state index contributed by atoms with van der Waals surface area (Å²) in [6.45, 7) is 1.06. The zero-order valence-electron chi connectivity index (χ0n) is 18.0. The number of alkyl halides is 3. The average Bonchev–Trinajstić information content (AvgIpc) is 2.82. The van der Waals surface area contributed by atoms with E-state index in [9.17, 15) is 32.9 Å². The smallest absolute Gasteiger partial charge is 0.416 e. The minimum Gasteiger partial charge on any atom is -0.482 e. The maximum absolute atomic E-state index is 12.9. The molecule has 0 aromatic heterocycles. The lowest BCUT2D eigenvalue weighted by Crippen LogP contribution is -2.50. The van der Waals surface area contributed by atoms with Gasteiger partial charge in [0.05, 0.1) is 16.2 Å². The third kappa shape index (κ3) is 4.75. The number of ether oxygens (including phenoxy) is 1. The Kier molecular flexibility index (Phi) is 6.31. The Balaban J connectivity index is 1.38. The average molecular weight is 478 g/mol. The number of nitro groups is 1. The number of carbonyl (C=O) groups is 2. The molecule has 9 nitrogen and oxygen atoms in total. The van der Waals surface area contributed by atoms with Gasteiger partial charge in [-0.05, 0) is 24.3 Å². The van der Waals surface area contributed by atoms with Gasteiger partial charge in [0.1, 0.15) is 11.4 Å². The van der Waals surface area contributed by atoms with E-state index in [4.69, 9.17) is 4.74 Å². The van der Waals surface area contributed by atoms with Gasteiger partial charge in [-0.2, -0.15) is 13.2 Å². The summed E-state index contributed by atoms with van der Waals surface area (Å²) in [5.74, 6) is 0.144. The van der Waals surface area contributed by atoms with Crippen molar-refractivity contribution in [1.82, 2.24) is 4.90 Å². The fourth-order valence-electron chi connectivity index (χ4n) is 4.07. The first-order valence-corrected chi connectivity index (χ1v) is 10.6. The topological polar surface area (TPSA) is 96.2 Å². The molecule has 2 aromatic rings. The molecule has 12 heteroatoms. The summed E-state index contributed by atoms with van der Waals surface area (Å²) in [5.41, 5.74) is -1.03. The molecule has 0 spiro atoms. The van der Waals surface area contributed by atoms with E-state index < -0.39 is 22.4 Å². The number of piperazine rings is 1. The van der Waals surface area contributed by atoms with Crippen molar-refractivity contribution < 1.29 is 32.4 Å². The fraction of sp³-hybridized carbons (Fsp3) is 0.364. The summed E-state index contributed by atoms with van der Waals surface area (Å²) in [5, 5.41) is 11.4. The number of halogens is 3. The quantitative estimate of drug-likeness (QED) is 0.484. The molecule has 0 atom stereocenters. The molecule has 0 aliphatic carbocycles. The van der Waals surface area contributed by atoms with E-state index in [-0.39, 0.29) is 63.3 Å². The fourth-order valence-corrected chi connectivity index (χ4v) is 4.07. The third-order valence-corrected chi connectivity index (χ3v) is 5.83. The van der Waals surface area contributed by atoms with Crippen LogP contribution in [0.15, 0.2) is 42.5 Å². The van der Waals surface area contributed by atoms with Crippen molar-refractivity contribution in [2.45, 2.75) is 12.6 Å². The SMILES string of the molecule is O=C(CCN1C(=O)COc2ccccc21)N1CCN(c2ccc(C(F)(F)F)cc2[N+](=O)[O-])CC1. The lowest BCUT2D eigenvalue weighted by atomic mass is 10.1. The van der Waals surface area contributed by atoms with Crippen LogP contribution in [0.5, 0.6) is 5.75 Å². The van der Waals surface area contributed by atoms with Gasteiger partial charge in [0.25, 0.3) is 11.6 Å². The van der Waals surface area contributed by atoms with Crippen LogP contribution in [0, 0.1) is 10.1 Å². The Morgan fingerprint density at radius 1 is 1.06 bits per heavy atom.